The minimum Gasteiger partial charge on any atom is -0.478 e. The molecule has 1 unspecified atom stereocenters. The lowest BCUT2D eigenvalue weighted by molar-refractivity contribution is 0.326. The number of aryl methyl sites for hydroxylation is 1. The molecule has 15 heavy (non-hydrogen) atoms. The quantitative estimate of drug-likeness (QED) is 0.756. The fourth-order valence-electron chi connectivity index (χ4n) is 1.11. The van der Waals surface area contributed by atoms with E-state index in [4.69, 9.17) is 10.5 Å². The minimum atomic E-state index is 0.154. The maximum absolute atomic E-state index is 5.51. The molecule has 1 aromatic rings. The zero-order valence-corrected chi connectivity index (χ0v) is 9.45. The van der Waals surface area contributed by atoms with Crippen LogP contribution in [0.4, 0.5) is 5.95 Å². The molecule has 0 amide bonds. The van der Waals surface area contributed by atoms with Gasteiger partial charge < -0.3 is 15.8 Å². The van der Waals surface area contributed by atoms with E-state index in [1.807, 2.05) is 26.8 Å². The van der Waals surface area contributed by atoms with Gasteiger partial charge in [-0.3, -0.25) is 0 Å². The lowest BCUT2D eigenvalue weighted by atomic mass is 10.3. The van der Waals surface area contributed by atoms with Gasteiger partial charge in [0.15, 0.2) is 0 Å². The molecule has 0 fully saturated rings. The van der Waals surface area contributed by atoms with Crippen molar-refractivity contribution >= 4 is 5.95 Å². The summed E-state index contributed by atoms with van der Waals surface area (Å²) in [4.78, 5) is 8.46. The molecule has 5 heteroatoms. The molecule has 0 saturated heterocycles. The van der Waals surface area contributed by atoms with E-state index in [1.165, 1.54) is 0 Å². The van der Waals surface area contributed by atoms with E-state index in [9.17, 15) is 0 Å². The first kappa shape index (κ1) is 11.7. The SMILES string of the molecule is CCOc1cc(C)nc(NC(C)CN)n1. The Morgan fingerprint density at radius 1 is 1.53 bits per heavy atom. The smallest absolute Gasteiger partial charge is 0.226 e. The van der Waals surface area contributed by atoms with Crippen molar-refractivity contribution in [2.45, 2.75) is 26.8 Å². The molecule has 0 aliphatic carbocycles. The van der Waals surface area contributed by atoms with Crippen LogP contribution >= 0.6 is 0 Å². The van der Waals surface area contributed by atoms with Gasteiger partial charge in [0, 0.05) is 24.3 Å². The Balaban J connectivity index is 2.78. The van der Waals surface area contributed by atoms with Crippen molar-refractivity contribution in [3.63, 3.8) is 0 Å². The number of hydrogen-bond acceptors (Lipinski definition) is 5. The first-order chi connectivity index (χ1) is 7.15. The fraction of sp³-hybridized carbons (Fsp3) is 0.600. The number of nitrogens with one attached hydrogen (secondary N) is 1. The van der Waals surface area contributed by atoms with Gasteiger partial charge in [-0.25, -0.2) is 4.98 Å². The summed E-state index contributed by atoms with van der Waals surface area (Å²) in [5, 5.41) is 3.10. The highest BCUT2D eigenvalue weighted by molar-refractivity contribution is 5.31. The highest BCUT2D eigenvalue weighted by Gasteiger charge is 2.05. The van der Waals surface area contributed by atoms with Gasteiger partial charge in [-0.1, -0.05) is 0 Å². The molecule has 0 saturated carbocycles. The molecule has 84 valence electrons. The van der Waals surface area contributed by atoms with Crippen LogP contribution in [0, 0.1) is 6.92 Å². The van der Waals surface area contributed by atoms with Gasteiger partial charge in [-0.15, -0.1) is 0 Å². The average molecular weight is 210 g/mol. The maximum atomic E-state index is 5.51. The Morgan fingerprint density at radius 3 is 2.87 bits per heavy atom. The summed E-state index contributed by atoms with van der Waals surface area (Å²) in [5.74, 6) is 1.16. The first-order valence-electron chi connectivity index (χ1n) is 5.10. The molecule has 1 heterocycles. The average Bonchev–Trinajstić information content (AvgIpc) is 2.17. The summed E-state index contributed by atoms with van der Waals surface area (Å²) in [6.45, 7) is 6.95. The van der Waals surface area contributed by atoms with E-state index < -0.39 is 0 Å². The lowest BCUT2D eigenvalue weighted by Gasteiger charge is -2.12. The van der Waals surface area contributed by atoms with Gasteiger partial charge in [-0.05, 0) is 20.8 Å². The zero-order chi connectivity index (χ0) is 11.3. The van der Waals surface area contributed by atoms with Gasteiger partial charge in [0.2, 0.25) is 11.8 Å². The normalized spacial score (nSPS) is 12.3. The summed E-state index contributed by atoms with van der Waals surface area (Å²) in [7, 11) is 0. The van der Waals surface area contributed by atoms with Crippen LogP contribution in [0.3, 0.4) is 0 Å². The van der Waals surface area contributed by atoms with Gasteiger partial charge in [0.05, 0.1) is 6.61 Å². The van der Waals surface area contributed by atoms with Gasteiger partial charge in [-0.2, -0.15) is 4.98 Å². The van der Waals surface area contributed by atoms with Crippen LogP contribution < -0.4 is 15.8 Å². The summed E-state index contributed by atoms with van der Waals surface area (Å²) in [5.41, 5.74) is 6.38. The predicted molar refractivity (Wildman–Crippen MR) is 60.1 cm³/mol. The third-order valence-corrected chi connectivity index (χ3v) is 1.85. The van der Waals surface area contributed by atoms with E-state index in [0.717, 1.165) is 5.69 Å². The molecule has 0 bridgehead atoms. The van der Waals surface area contributed by atoms with Crippen LogP contribution in [0.25, 0.3) is 0 Å². The molecule has 0 aromatic carbocycles. The summed E-state index contributed by atoms with van der Waals surface area (Å²) in [6, 6.07) is 1.96. The molecule has 1 rings (SSSR count). The Hall–Kier alpha value is -1.36. The number of hydrogen-bond donors (Lipinski definition) is 2. The lowest BCUT2D eigenvalue weighted by Crippen LogP contribution is -2.26. The van der Waals surface area contributed by atoms with Crippen molar-refractivity contribution in [2.75, 3.05) is 18.5 Å². The summed E-state index contributed by atoms with van der Waals surface area (Å²) < 4.78 is 5.32. The van der Waals surface area contributed by atoms with Crippen molar-refractivity contribution < 1.29 is 4.74 Å². The van der Waals surface area contributed by atoms with Crippen molar-refractivity contribution in [3.05, 3.63) is 11.8 Å². The van der Waals surface area contributed by atoms with Gasteiger partial charge in [0.1, 0.15) is 0 Å². The van der Waals surface area contributed by atoms with E-state index in [0.29, 0.717) is 25.0 Å². The van der Waals surface area contributed by atoms with Crippen LogP contribution in [0.5, 0.6) is 5.88 Å². The Morgan fingerprint density at radius 2 is 2.27 bits per heavy atom. The van der Waals surface area contributed by atoms with Crippen molar-refractivity contribution in [2.24, 2.45) is 5.73 Å². The fourth-order valence-corrected chi connectivity index (χ4v) is 1.11. The highest BCUT2D eigenvalue weighted by Crippen LogP contribution is 2.12. The van der Waals surface area contributed by atoms with E-state index in [2.05, 4.69) is 15.3 Å². The van der Waals surface area contributed by atoms with Crippen LogP contribution in [0.15, 0.2) is 6.07 Å². The number of rotatable bonds is 5. The third kappa shape index (κ3) is 3.71. The highest BCUT2D eigenvalue weighted by atomic mass is 16.5. The molecule has 0 aliphatic rings. The van der Waals surface area contributed by atoms with Gasteiger partial charge in [0.25, 0.3) is 0 Å². The second-order valence-electron chi connectivity index (χ2n) is 3.39. The summed E-state index contributed by atoms with van der Waals surface area (Å²) >= 11 is 0. The van der Waals surface area contributed by atoms with Crippen LogP contribution in [-0.2, 0) is 0 Å². The molecule has 5 nitrogen and oxygen atoms in total. The monoisotopic (exact) mass is 210 g/mol. The van der Waals surface area contributed by atoms with E-state index in [-0.39, 0.29) is 6.04 Å². The van der Waals surface area contributed by atoms with Crippen molar-refractivity contribution in [3.8, 4) is 5.88 Å². The van der Waals surface area contributed by atoms with Crippen molar-refractivity contribution in [1.29, 1.82) is 0 Å². The third-order valence-electron chi connectivity index (χ3n) is 1.85. The number of ether oxygens (including phenoxy) is 1. The molecule has 1 atom stereocenters. The number of nitrogens with two attached hydrogens (primary N) is 1. The van der Waals surface area contributed by atoms with Crippen LogP contribution in [0.2, 0.25) is 0 Å². The molecular formula is C10H18N4O. The van der Waals surface area contributed by atoms with E-state index in [1.54, 1.807) is 0 Å². The molecular weight excluding hydrogens is 192 g/mol. The second-order valence-corrected chi connectivity index (χ2v) is 3.39. The maximum Gasteiger partial charge on any atom is 0.226 e. The number of anilines is 1. The van der Waals surface area contributed by atoms with Crippen molar-refractivity contribution in [1.82, 2.24) is 9.97 Å². The Labute approximate surface area is 90.1 Å². The zero-order valence-electron chi connectivity index (χ0n) is 9.45. The standard InChI is InChI=1S/C10H18N4O/c1-4-15-9-5-7(2)12-10(14-9)13-8(3)6-11/h5,8H,4,6,11H2,1-3H3,(H,12,13,14). The minimum absolute atomic E-state index is 0.154. The predicted octanol–water partition coefficient (Wildman–Crippen LogP) is 0.943. The Kier molecular flexibility index (Phi) is 4.30. The largest absolute Gasteiger partial charge is 0.478 e. The summed E-state index contributed by atoms with van der Waals surface area (Å²) in [6.07, 6.45) is 0. The molecule has 0 radical (unpaired) electrons. The van der Waals surface area contributed by atoms with Crippen LogP contribution in [-0.4, -0.2) is 29.2 Å². The molecule has 0 aliphatic heterocycles. The van der Waals surface area contributed by atoms with Crippen LogP contribution in [0.1, 0.15) is 19.5 Å². The molecule has 1 aromatic heterocycles. The number of nitrogens with zero attached hydrogens (tertiary/aromatic N) is 2. The molecule has 0 spiro atoms. The topological polar surface area (TPSA) is 73.1 Å². The Bertz CT molecular complexity index is 316. The first-order valence-corrected chi connectivity index (χ1v) is 5.10. The van der Waals surface area contributed by atoms with Gasteiger partial charge >= 0.3 is 0 Å². The second kappa shape index (κ2) is 5.50. The van der Waals surface area contributed by atoms with E-state index >= 15 is 0 Å². The molecule has 3 N–H and O–H groups in total. The number of aromatic nitrogens is 2.